The van der Waals surface area contributed by atoms with Crippen molar-refractivity contribution < 1.29 is 0 Å². The molecule has 1 N–H and O–H groups in total. The Balaban J connectivity index is 2.28. The molecule has 0 radical (unpaired) electrons. The summed E-state index contributed by atoms with van der Waals surface area (Å²) in [6, 6.07) is 2.57. The fourth-order valence-electron chi connectivity index (χ4n) is 1.99. The van der Waals surface area contributed by atoms with E-state index < -0.39 is 0 Å². The molecule has 0 unspecified atom stereocenters. The van der Waals surface area contributed by atoms with Crippen molar-refractivity contribution in [3.05, 3.63) is 35.5 Å². The van der Waals surface area contributed by atoms with E-state index >= 15 is 0 Å². The lowest BCUT2D eigenvalue weighted by Gasteiger charge is -2.09. The second-order valence-corrected chi connectivity index (χ2v) is 5.15. The van der Waals surface area contributed by atoms with Gasteiger partial charge in [0.15, 0.2) is 5.82 Å². The minimum absolute atomic E-state index is 0.433. The molecule has 0 amide bonds. The number of aryl methyl sites for hydroxylation is 2. The molecule has 20 heavy (non-hydrogen) atoms. The summed E-state index contributed by atoms with van der Waals surface area (Å²) in [4.78, 5) is 8.93. The van der Waals surface area contributed by atoms with Gasteiger partial charge in [-0.3, -0.25) is 4.98 Å². The number of rotatable bonds is 6. The first-order valence-electron chi connectivity index (χ1n) is 7.26. The fourth-order valence-corrected chi connectivity index (χ4v) is 1.99. The summed E-state index contributed by atoms with van der Waals surface area (Å²) < 4.78 is 1.91. The van der Waals surface area contributed by atoms with Gasteiger partial charge in [0.25, 0.3) is 0 Å². The molecule has 2 aromatic rings. The van der Waals surface area contributed by atoms with E-state index in [-0.39, 0.29) is 0 Å². The number of hydrogen-bond donors (Lipinski definition) is 1. The van der Waals surface area contributed by atoms with Crippen LogP contribution in [0.5, 0.6) is 0 Å². The molecule has 5 heteroatoms. The highest BCUT2D eigenvalue weighted by molar-refractivity contribution is 5.25. The van der Waals surface area contributed by atoms with Crippen LogP contribution in [0.15, 0.2) is 18.5 Å². The maximum absolute atomic E-state index is 4.65. The standard InChI is InChI=1S/C15H23N5/c1-5-12-7-14(6-2)20(19-12)15-10-16-8-13(18-15)9-17-11(3)4/h7-8,10-11,17H,5-6,9H2,1-4H3. The van der Waals surface area contributed by atoms with Gasteiger partial charge in [-0.2, -0.15) is 5.10 Å². The van der Waals surface area contributed by atoms with Crippen LogP contribution in [0.1, 0.15) is 44.8 Å². The molecule has 0 aliphatic heterocycles. The molecule has 0 aliphatic rings. The van der Waals surface area contributed by atoms with Crippen molar-refractivity contribution >= 4 is 0 Å². The van der Waals surface area contributed by atoms with Gasteiger partial charge in [-0.1, -0.05) is 27.7 Å². The molecule has 108 valence electrons. The predicted octanol–water partition coefficient (Wildman–Crippen LogP) is 2.29. The lowest BCUT2D eigenvalue weighted by Crippen LogP contribution is -2.22. The Hall–Kier alpha value is -1.75. The molecule has 0 fully saturated rings. The highest BCUT2D eigenvalue weighted by Gasteiger charge is 2.09. The van der Waals surface area contributed by atoms with Gasteiger partial charge in [-0.25, -0.2) is 9.67 Å². The molecule has 0 saturated heterocycles. The van der Waals surface area contributed by atoms with Crippen LogP contribution in [0, 0.1) is 0 Å². The molecule has 2 aromatic heterocycles. The monoisotopic (exact) mass is 273 g/mol. The van der Waals surface area contributed by atoms with Crippen LogP contribution >= 0.6 is 0 Å². The van der Waals surface area contributed by atoms with E-state index in [2.05, 4.69) is 54.1 Å². The number of nitrogens with zero attached hydrogens (tertiary/aromatic N) is 4. The summed E-state index contributed by atoms with van der Waals surface area (Å²) in [5, 5.41) is 7.95. The Morgan fingerprint density at radius 2 is 1.95 bits per heavy atom. The zero-order chi connectivity index (χ0) is 14.5. The molecule has 0 aliphatic carbocycles. The van der Waals surface area contributed by atoms with E-state index in [0.717, 1.165) is 36.6 Å². The van der Waals surface area contributed by atoms with Crippen molar-refractivity contribution in [3.63, 3.8) is 0 Å². The molecule has 0 spiro atoms. The van der Waals surface area contributed by atoms with E-state index in [1.165, 1.54) is 5.69 Å². The molecular formula is C15H23N5. The van der Waals surface area contributed by atoms with Crippen molar-refractivity contribution in [3.8, 4) is 5.82 Å². The van der Waals surface area contributed by atoms with E-state index in [9.17, 15) is 0 Å². The molecule has 5 nitrogen and oxygen atoms in total. The van der Waals surface area contributed by atoms with Crippen molar-refractivity contribution in [2.45, 2.75) is 53.1 Å². The normalized spacial score (nSPS) is 11.2. The van der Waals surface area contributed by atoms with Gasteiger partial charge in [0.1, 0.15) is 0 Å². The fraction of sp³-hybridized carbons (Fsp3) is 0.533. The van der Waals surface area contributed by atoms with Gasteiger partial charge in [-0.15, -0.1) is 0 Å². The zero-order valence-electron chi connectivity index (χ0n) is 12.7. The van der Waals surface area contributed by atoms with Gasteiger partial charge in [0.2, 0.25) is 0 Å². The Morgan fingerprint density at radius 1 is 1.15 bits per heavy atom. The molecule has 0 saturated carbocycles. The maximum Gasteiger partial charge on any atom is 0.172 e. The zero-order valence-corrected chi connectivity index (χ0v) is 12.7. The van der Waals surface area contributed by atoms with Crippen molar-refractivity contribution in [1.82, 2.24) is 25.1 Å². The highest BCUT2D eigenvalue weighted by Crippen LogP contribution is 2.12. The third-order valence-electron chi connectivity index (χ3n) is 3.14. The Kier molecular flexibility index (Phi) is 4.84. The van der Waals surface area contributed by atoms with Crippen LogP contribution in [0.4, 0.5) is 0 Å². The second-order valence-electron chi connectivity index (χ2n) is 5.15. The van der Waals surface area contributed by atoms with Crippen LogP contribution in [-0.4, -0.2) is 25.8 Å². The molecule has 2 heterocycles. The quantitative estimate of drug-likeness (QED) is 0.877. The van der Waals surface area contributed by atoms with Gasteiger partial charge < -0.3 is 5.32 Å². The van der Waals surface area contributed by atoms with Gasteiger partial charge in [-0.05, 0) is 18.9 Å². The van der Waals surface area contributed by atoms with Crippen LogP contribution in [0.2, 0.25) is 0 Å². The van der Waals surface area contributed by atoms with E-state index in [4.69, 9.17) is 0 Å². The Morgan fingerprint density at radius 3 is 2.60 bits per heavy atom. The van der Waals surface area contributed by atoms with Crippen LogP contribution < -0.4 is 5.32 Å². The van der Waals surface area contributed by atoms with Gasteiger partial charge in [0, 0.05) is 24.5 Å². The minimum Gasteiger partial charge on any atom is -0.309 e. The minimum atomic E-state index is 0.433. The summed E-state index contributed by atoms with van der Waals surface area (Å²) >= 11 is 0. The van der Waals surface area contributed by atoms with E-state index in [0.29, 0.717) is 6.04 Å². The summed E-state index contributed by atoms with van der Waals surface area (Å²) in [7, 11) is 0. The van der Waals surface area contributed by atoms with Crippen LogP contribution in [-0.2, 0) is 19.4 Å². The summed E-state index contributed by atoms with van der Waals surface area (Å²) in [5.74, 6) is 0.796. The molecule has 0 bridgehead atoms. The first-order chi connectivity index (χ1) is 9.63. The Labute approximate surface area is 120 Å². The maximum atomic E-state index is 4.65. The predicted molar refractivity (Wildman–Crippen MR) is 79.9 cm³/mol. The number of hydrogen-bond acceptors (Lipinski definition) is 4. The van der Waals surface area contributed by atoms with Gasteiger partial charge >= 0.3 is 0 Å². The van der Waals surface area contributed by atoms with E-state index in [1.54, 1.807) is 12.4 Å². The summed E-state index contributed by atoms with van der Waals surface area (Å²) in [6.07, 6.45) is 5.43. The third kappa shape index (κ3) is 3.42. The first-order valence-corrected chi connectivity index (χ1v) is 7.26. The third-order valence-corrected chi connectivity index (χ3v) is 3.14. The van der Waals surface area contributed by atoms with Crippen molar-refractivity contribution in [2.24, 2.45) is 0 Å². The van der Waals surface area contributed by atoms with Crippen LogP contribution in [0.25, 0.3) is 5.82 Å². The molecule has 2 rings (SSSR count). The SMILES string of the molecule is CCc1cc(CC)n(-c2cncc(CNC(C)C)n2)n1. The van der Waals surface area contributed by atoms with Crippen LogP contribution in [0.3, 0.4) is 0 Å². The van der Waals surface area contributed by atoms with Gasteiger partial charge in [0.05, 0.1) is 17.6 Å². The first kappa shape index (κ1) is 14.7. The summed E-state index contributed by atoms with van der Waals surface area (Å²) in [5.41, 5.74) is 3.20. The largest absolute Gasteiger partial charge is 0.309 e. The topological polar surface area (TPSA) is 55.6 Å². The number of aromatic nitrogens is 4. The lowest BCUT2D eigenvalue weighted by atomic mass is 10.2. The average Bonchev–Trinajstić information content (AvgIpc) is 2.89. The van der Waals surface area contributed by atoms with E-state index in [1.807, 2.05) is 4.68 Å². The van der Waals surface area contributed by atoms with Crippen molar-refractivity contribution in [1.29, 1.82) is 0 Å². The van der Waals surface area contributed by atoms with Crippen molar-refractivity contribution in [2.75, 3.05) is 0 Å². The average molecular weight is 273 g/mol. The second kappa shape index (κ2) is 6.61. The molecule has 0 aromatic carbocycles. The smallest absolute Gasteiger partial charge is 0.172 e. The highest BCUT2D eigenvalue weighted by atomic mass is 15.3. The number of nitrogens with one attached hydrogen (secondary N) is 1. The molecule has 0 atom stereocenters. The lowest BCUT2D eigenvalue weighted by molar-refractivity contribution is 0.578. The Bertz CT molecular complexity index is 559. The molecular weight excluding hydrogens is 250 g/mol. The summed E-state index contributed by atoms with van der Waals surface area (Å²) in [6.45, 7) is 9.20.